The lowest BCUT2D eigenvalue weighted by atomic mass is 10.1. The number of unbranched alkanes of at least 4 members (excludes halogenated alkanes) is 1. The lowest BCUT2D eigenvalue weighted by Crippen LogP contribution is -2.19. The Bertz CT molecular complexity index is 1230. The highest BCUT2D eigenvalue weighted by molar-refractivity contribution is 9.10. The minimum Gasteiger partial charge on any atom is -0.494 e. The Labute approximate surface area is 242 Å². The van der Waals surface area contributed by atoms with Crippen LogP contribution in [0, 0.1) is 0 Å². The number of nitrogen functional groups attached to an aromatic ring is 1. The fourth-order valence-corrected chi connectivity index (χ4v) is 5.35. The molecular weight excluding hydrogens is 589 g/mol. The molecule has 0 atom stereocenters. The minimum atomic E-state index is -0.292. The first-order chi connectivity index (χ1) is 18.4. The fraction of sp³-hybridized carbons (Fsp3) is 0.345. The summed E-state index contributed by atoms with van der Waals surface area (Å²) >= 11 is 16.1. The maximum atomic E-state index is 12.5. The van der Waals surface area contributed by atoms with Crippen LogP contribution >= 0.6 is 39.1 Å². The van der Waals surface area contributed by atoms with Crippen molar-refractivity contribution in [3.8, 4) is 5.75 Å². The molecule has 6 nitrogen and oxygen atoms in total. The van der Waals surface area contributed by atoms with Gasteiger partial charge in [0.2, 0.25) is 0 Å². The summed E-state index contributed by atoms with van der Waals surface area (Å²) in [7, 11) is 0. The molecule has 0 unspecified atom stereocenters. The molecule has 0 radical (unpaired) electrons. The SMILES string of the molecule is Nc1c(Br)cc(OCCCCOC(=O)Cc2ccccc2Nc2c(Cl)cccc2Cl)cc1CN1CCCC1. The molecule has 0 aromatic heterocycles. The van der Waals surface area contributed by atoms with E-state index in [1.807, 2.05) is 36.4 Å². The Hall–Kier alpha value is -2.45. The number of nitrogens with zero attached hydrogens (tertiary/aromatic N) is 1. The van der Waals surface area contributed by atoms with E-state index in [2.05, 4.69) is 26.1 Å². The number of carbonyl (C=O) groups is 1. The Morgan fingerprint density at radius 1 is 0.974 bits per heavy atom. The number of nitrogens with one attached hydrogen (secondary N) is 1. The Kier molecular flexibility index (Phi) is 10.6. The van der Waals surface area contributed by atoms with Crippen LogP contribution in [-0.2, 0) is 22.5 Å². The number of para-hydroxylation sites is 2. The van der Waals surface area contributed by atoms with Gasteiger partial charge in [-0.25, -0.2) is 0 Å². The maximum absolute atomic E-state index is 12.5. The average molecular weight is 621 g/mol. The van der Waals surface area contributed by atoms with Gasteiger partial charge in [0, 0.05) is 16.7 Å². The Balaban J connectivity index is 1.21. The van der Waals surface area contributed by atoms with E-state index in [9.17, 15) is 4.79 Å². The van der Waals surface area contributed by atoms with Crippen LogP contribution in [0.1, 0.15) is 36.8 Å². The predicted molar refractivity (Wildman–Crippen MR) is 159 cm³/mol. The molecule has 3 aromatic carbocycles. The summed E-state index contributed by atoms with van der Waals surface area (Å²) in [5.41, 5.74) is 10.3. The molecule has 1 heterocycles. The van der Waals surface area contributed by atoms with Crippen molar-refractivity contribution in [2.75, 3.05) is 37.4 Å². The first-order valence-electron chi connectivity index (χ1n) is 12.8. The van der Waals surface area contributed by atoms with Gasteiger partial charge in [0.1, 0.15) is 5.75 Å². The van der Waals surface area contributed by atoms with Crippen LogP contribution < -0.4 is 15.8 Å². The molecule has 1 aliphatic heterocycles. The molecule has 38 heavy (non-hydrogen) atoms. The lowest BCUT2D eigenvalue weighted by Gasteiger charge is -2.18. The van der Waals surface area contributed by atoms with Crippen LogP contribution in [0.15, 0.2) is 59.1 Å². The van der Waals surface area contributed by atoms with Gasteiger partial charge in [0.05, 0.1) is 41.1 Å². The second kappa shape index (κ2) is 14.1. The molecule has 9 heteroatoms. The third kappa shape index (κ3) is 8.03. The molecule has 1 aliphatic rings. The van der Waals surface area contributed by atoms with E-state index in [1.54, 1.807) is 18.2 Å². The van der Waals surface area contributed by atoms with E-state index in [1.165, 1.54) is 12.8 Å². The number of benzene rings is 3. The fourth-order valence-electron chi connectivity index (χ4n) is 4.38. The molecule has 0 bridgehead atoms. The van der Waals surface area contributed by atoms with Crippen molar-refractivity contribution >= 4 is 62.2 Å². The van der Waals surface area contributed by atoms with Gasteiger partial charge >= 0.3 is 5.97 Å². The second-order valence-electron chi connectivity index (χ2n) is 9.29. The number of esters is 1. The van der Waals surface area contributed by atoms with Crippen molar-refractivity contribution in [3.05, 3.63) is 80.2 Å². The van der Waals surface area contributed by atoms with E-state index in [0.29, 0.717) is 35.4 Å². The van der Waals surface area contributed by atoms with Crippen molar-refractivity contribution in [2.45, 2.75) is 38.6 Å². The van der Waals surface area contributed by atoms with Gasteiger partial charge in [-0.15, -0.1) is 0 Å². The number of carbonyl (C=O) groups excluding carboxylic acids is 1. The Morgan fingerprint density at radius 2 is 1.68 bits per heavy atom. The lowest BCUT2D eigenvalue weighted by molar-refractivity contribution is -0.142. The highest BCUT2D eigenvalue weighted by Gasteiger charge is 2.16. The molecule has 0 aliphatic carbocycles. The molecule has 0 saturated carbocycles. The number of rotatable bonds is 12. The molecule has 0 amide bonds. The number of nitrogens with two attached hydrogens (primary N) is 1. The monoisotopic (exact) mass is 619 g/mol. The van der Waals surface area contributed by atoms with Gasteiger partial charge in [-0.05, 0) is 96.2 Å². The van der Waals surface area contributed by atoms with Crippen LogP contribution in [0.3, 0.4) is 0 Å². The quantitative estimate of drug-likeness (QED) is 0.123. The minimum absolute atomic E-state index is 0.140. The van der Waals surface area contributed by atoms with Crippen LogP contribution in [0.2, 0.25) is 10.0 Å². The zero-order chi connectivity index (χ0) is 26.9. The molecule has 1 fully saturated rings. The summed E-state index contributed by atoms with van der Waals surface area (Å²) in [5, 5.41) is 4.25. The number of ether oxygens (including phenoxy) is 2. The standard InChI is InChI=1S/C29H32BrCl2N3O3/c30-23-18-22(16-21(28(23)33)19-35-12-3-4-13-35)37-14-5-6-15-38-27(36)17-20-8-1-2-11-26(20)34-29-24(31)9-7-10-25(29)32/h1-2,7-11,16,18,34H,3-6,12-15,17,19,33H2. The van der Waals surface area contributed by atoms with Crippen LogP contribution in [0.4, 0.5) is 17.1 Å². The smallest absolute Gasteiger partial charge is 0.310 e. The van der Waals surface area contributed by atoms with Gasteiger partial charge < -0.3 is 20.5 Å². The zero-order valence-corrected chi connectivity index (χ0v) is 24.2. The largest absolute Gasteiger partial charge is 0.494 e. The van der Waals surface area contributed by atoms with Crippen LogP contribution in [-0.4, -0.2) is 37.2 Å². The van der Waals surface area contributed by atoms with E-state index in [-0.39, 0.29) is 12.4 Å². The highest BCUT2D eigenvalue weighted by atomic mass is 79.9. The van der Waals surface area contributed by atoms with E-state index >= 15 is 0 Å². The maximum Gasteiger partial charge on any atom is 0.310 e. The zero-order valence-electron chi connectivity index (χ0n) is 21.2. The van der Waals surface area contributed by atoms with Crippen molar-refractivity contribution < 1.29 is 14.3 Å². The van der Waals surface area contributed by atoms with E-state index in [4.69, 9.17) is 38.4 Å². The van der Waals surface area contributed by atoms with Gasteiger partial charge in [-0.1, -0.05) is 47.5 Å². The first-order valence-corrected chi connectivity index (χ1v) is 14.3. The van der Waals surface area contributed by atoms with Crippen molar-refractivity contribution in [1.29, 1.82) is 0 Å². The summed E-state index contributed by atoms with van der Waals surface area (Å²) < 4.78 is 12.3. The summed E-state index contributed by atoms with van der Waals surface area (Å²) in [4.78, 5) is 14.9. The molecule has 202 valence electrons. The summed E-state index contributed by atoms with van der Waals surface area (Å²) in [5.74, 6) is 0.499. The molecule has 0 spiro atoms. The molecular formula is C29H32BrCl2N3O3. The topological polar surface area (TPSA) is 76.8 Å². The van der Waals surface area contributed by atoms with Gasteiger partial charge in [0.25, 0.3) is 0 Å². The molecule has 3 N–H and O–H groups in total. The molecule has 3 aromatic rings. The Morgan fingerprint density at radius 3 is 2.45 bits per heavy atom. The van der Waals surface area contributed by atoms with Gasteiger partial charge in [0.15, 0.2) is 0 Å². The van der Waals surface area contributed by atoms with E-state index in [0.717, 1.165) is 58.8 Å². The van der Waals surface area contributed by atoms with Gasteiger partial charge in [-0.3, -0.25) is 9.69 Å². The number of likely N-dealkylation sites (tertiary alicyclic amines) is 1. The number of anilines is 3. The predicted octanol–water partition coefficient (Wildman–Crippen LogP) is 7.62. The van der Waals surface area contributed by atoms with Crippen molar-refractivity contribution in [3.63, 3.8) is 0 Å². The second-order valence-corrected chi connectivity index (χ2v) is 11.0. The number of hydrogen-bond acceptors (Lipinski definition) is 6. The highest BCUT2D eigenvalue weighted by Crippen LogP contribution is 2.34. The third-order valence-electron chi connectivity index (χ3n) is 6.43. The van der Waals surface area contributed by atoms with Crippen molar-refractivity contribution in [1.82, 2.24) is 4.90 Å². The van der Waals surface area contributed by atoms with Gasteiger partial charge in [-0.2, -0.15) is 0 Å². The molecule has 1 saturated heterocycles. The molecule has 4 rings (SSSR count). The van der Waals surface area contributed by atoms with Crippen LogP contribution in [0.5, 0.6) is 5.75 Å². The average Bonchev–Trinajstić information content (AvgIpc) is 3.40. The number of hydrogen-bond donors (Lipinski definition) is 2. The number of halogens is 3. The van der Waals surface area contributed by atoms with Crippen LogP contribution in [0.25, 0.3) is 0 Å². The summed E-state index contributed by atoms with van der Waals surface area (Å²) in [6, 6.07) is 16.8. The summed E-state index contributed by atoms with van der Waals surface area (Å²) in [6.45, 7) is 3.92. The van der Waals surface area contributed by atoms with Crippen molar-refractivity contribution in [2.24, 2.45) is 0 Å². The summed E-state index contributed by atoms with van der Waals surface area (Å²) in [6.07, 6.45) is 4.09. The third-order valence-corrected chi connectivity index (χ3v) is 7.71. The first kappa shape index (κ1) is 28.6. The van der Waals surface area contributed by atoms with E-state index < -0.39 is 0 Å². The normalized spacial score (nSPS) is 13.4.